The molecule has 1 N–H and O–H groups in total. The third-order valence-corrected chi connectivity index (χ3v) is 5.43. The average Bonchev–Trinajstić information content (AvgIpc) is 3.34. The van der Waals surface area contributed by atoms with Crippen LogP contribution in [0, 0.1) is 19.3 Å². The Morgan fingerprint density at radius 2 is 1.97 bits per heavy atom. The number of aromatic amines is 1. The summed E-state index contributed by atoms with van der Waals surface area (Å²) in [5.74, 6) is 2.81. The maximum atomic E-state index is 13.2. The lowest BCUT2D eigenvalue weighted by atomic mass is 10.0. The minimum atomic E-state index is -4.48. The van der Waals surface area contributed by atoms with Crippen LogP contribution in [-0.2, 0) is 12.7 Å². The van der Waals surface area contributed by atoms with Crippen molar-refractivity contribution in [2.75, 3.05) is 0 Å². The molecule has 0 fully saturated rings. The number of fused-ring (bicyclic) bond motifs is 2. The van der Waals surface area contributed by atoms with Crippen molar-refractivity contribution >= 4 is 22.2 Å². The van der Waals surface area contributed by atoms with Crippen LogP contribution in [0.1, 0.15) is 22.3 Å². The molecule has 0 saturated carbocycles. The molecule has 5 aromatic rings. The van der Waals surface area contributed by atoms with Crippen molar-refractivity contribution < 1.29 is 13.2 Å². The van der Waals surface area contributed by atoms with Gasteiger partial charge in [0.25, 0.3) is 0 Å². The smallest absolute Gasteiger partial charge is 0.303 e. The molecule has 3 heterocycles. The number of hydrogen-bond acceptors (Lipinski definition) is 4. The first-order valence-electron chi connectivity index (χ1n) is 9.81. The van der Waals surface area contributed by atoms with E-state index in [0.717, 1.165) is 12.1 Å². The molecule has 0 amide bonds. The normalized spacial score (nSPS) is 11.8. The van der Waals surface area contributed by atoms with Gasteiger partial charge in [-0.3, -0.25) is 9.13 Å². The summed E-state index contributed by atoms with van der Waals surface area (Å²) in [6, 6.07) is 8.78. The van der Waals surface area contributed by atoms with Crippen LogP contribution >= 0.6 is 0 Å². The summed E-state index contributed by atoms with van der Waals surface area (Å²) in [4.78, 5) is 28.4. The average molecular weight is 448 g/mol. The molecule has 3 aromatic heterocycles. The van der Waals surface area contributed by atoms with Crippen molar-refractivity contribution in [3.63, 3.8) is 0 Å². The Hall–Kier alpha value is -4.39. The minimum Gasteiger partial charge on any atom is -0.303 e. The zero-order chi connectivity index (χ0) is 23.3. The molecule has 0 aliphatic carbocycles. The van der Waals surface area contributed by atoms with Gasteiger partial charge in [-0.2, -0.15) is 18.2 Å². The van der Waals surface area contributed by atoms with E-state index in [2.05, 4.69) is 25.9 Å². The Balaban J connectivity index is 1.62. The van der Waals surface area contributed by atoms with Crippen molar-refractivity contribution in [1.82, 2.24) is 29.1 Å². The number of terminal acetylenes is 1. The third-order valence-electron chi connectivity index (χ3n) is 5.43. The highest BCUT2D eigenvalue weighted by Gasteiger charge is 2.30. The van der Waals surface area contributed by atoms with E-state index in [1.807, 2.05) is 0 Å². The van der Waals surface area contributed by atoms with Gasteiger partial charge in [-0.15, -0.1) is 6.42 Å². The van der Waals surface area contributed by atoms with Crippen molar-refractivity contribution in [3.8, 4) is 18.3 Å². The van der Waals surface area contributed by atoms with Gasteiger partial charge < -0.3 is 4.98 Å². The predicted octanol–water partition coefficient (Wildman–Crippen LogP) is 3.82. The number of hydrogen-bond donors (Lipinski definition) is 1. The molecular weight excluding hydrogens is 433 g/mol. The van der Waals surface area contributed by atoms with E-state index in [-0.39, 0.29) is 18.1 Å². The Morgan fingerprint density at radius 3 is 2.73 bits per heavy atom. The zero-order valence-corrected chi connectivity index (χ0v) is 17.2. The van der Waals surface area contributed by atoms with E-state index in [0.29, 0.717) is 33.2 Å². The van der Waals surface area contributed by atoms with E-state index >= 15 is 0 Å². The first kappa shape index (κ1) is 20.5. The van der Waals surface area contributed by atoms with Gasteiger partial charge in [-0.05, 0) is 48.4 Å². The number of halogens is 3. The molecule has 0 radical (unpaired) electrons. The molecule has 0 aliphatic rings. The lowest BCUT2D eigenvalue weighted by Crippen LogP contribution is -2.19. The molecule has 0 aliphatic heterocycles. The molecule has 7 nitrogen and oxygen atoms in total. The molecule has 0 saturated heterocycles. The van der Waals surface area contributed by atoms with Gasteiger partial charge in [0.2, 0.25) is 5.95 Å². The van der Waals surface area contributed by atoms with Crippen LogP contribution in [0.25, 0.3) is 28.1 Å². The lowest BCUT2D eigenvalue weighted by molar-refractivity contribution is -0.137. The quantitative estimate of drug-likeness (QED) is 0.426. The molecule has 5 rings (SSSR count). The number of benzene rings is 2. The summed E-state index contributed by atoms with van der Waals surface area (Å²) in [7, 11) is 0. The van der Waals surface area contributed by atoms with Crippen LogP contribution in [0.3, 0.4) is 0 Å². The van der Waals surface area contributed by atoms with Crippen LogP contribution in [0.2, 0.25) is 0 Å². The number of alkyl halides is 3. The van der Waals surface area contributed by atoms with Gasteiger partial charge in [0.15, 0.2) is 5.65 Å². The molecule has 10 heteroatoms. The van der Waals surface area contributed by atoms with E-state index in [1.165, 1.54) is 23.2 Å². The fourth-order valence-corrected chi connectivity index (χ4v) is 3.65. The molecule has 0 bridgehead atoms. The fourth-order valence-electron chi connectivity index (χ4n) is 3.65. The summed E-state index contributed by atoms with van der Waals surface area (Å²) in [6.07, 6.45) is 3.95. The van der Waals surface area contributed by atoms with Crippen LogP contribution in [0.15, 0.2) is 53.7 Å². The molecule has 0 unspecified atom stereocenters. The maximum Gasteiger partial charge on any atom is 0.416 e. The van der Waals surface area contributed by atoms with Gasteiger partial charge in [0, 0.05) is 5.56 Å². The standard InChI is InChI=1S/C23H15F3N6O/c1-3-14-5-7-19-17(8-14)28-12-32(19)21-27-10-18-20(30-21)31(22(33)29-18)11-15-9-16(23(24,25)26)6-4-13(15)2/h1,4-10,12H,11H2,2H3,(H,29,33). The molecule has 0 atom stereocenters. The number of aryl methyl sites for hydroxylation is 1. The zero-order valence-electron chi connectivity index (χ0n) is 17.2. The molecule has 2 aromatic carbocycles. The highest BCUT2D eigenvalue weighted by Crippen LogP contribution is 2.31. The molecule has 0 spiro atoms. The predicted molar refractivity (Wildman–Crippen MR) is 116 cm³/mol. The highest BCUT2D eigenvalue weighted by atomic mass is 19.4. The largest absolute Gasteiger partial charge is 0.416 e. The first-order valence-corrected chi connectivity index (χ1v) is 9.81. The number of rotatable bonds is 3. The SMILES string of the molecule is C#Cc1ccc2c(c1)ncn2-c1ncc2[nH]c(=O)n(Cc3cc(C(F)(F)F)ccc3C)c2n1. The van der Waals surface area contributed by atoms with E-state index in [9.17, 15) is 18.0 Å². The second kappa shape index (κ2) is 7.34. The van der Waals surface area contributed by atoms with Crippen molar-refractivity contribution in [2.45, 2.75) is 19.6 Å². The number of nitrogens with zero attached hydrogens (tertiary/aromatic N) is 5. The number of imidazole rings is 2. The van der Waals surface area contributed by atoms with Gasteiger partial charge >= 0.3 is 11.9 Å². The second-order valence-electron chi connectivity index (χ2n) is 7.53. The van der Waals surface area contributed by atoms with Crippen molar-refractivity contribution in [3.05, 3.63) is 81.7 Å². The Labute approximate surface area is 184 Å². The van der Waals surface area contributed by atoms with E-state index < -0.39 is 17.4 Å². The van der Waals surface area contributed by atoms with Crippen LogP contribution in [-0.4, -0.2) is 29.1 Å². The summed E-state index contributed by atoms with van der Waals surface area (Å²) in [6.45, 7) is 1.61. The second-order valence-corrected chi connectivity index (χ2v) is 7.53. The van der Waals surface area contributed by atoms with Crippen molar-refractivity contribution in [2.24, 2.45) is 0 Å². The van der Waals surface area contributed by atoms with Crippen molar-refractivity contribution in [1.29, 1.82) is 0 Å². The van der Waals surface area contributed by atoms with Gasteiger partial charge in [0.1, 0.15) is 11.8 Å². The Bertz CT molecular complexity index is 1630. The number of aromatic nitrogens is 6. The molecular formula is C23H15F3N6O. The Kier molecular flexibility index (Phi) is 4.56. The molecule has 33 heavy (non-hydrogen) atoms. The van der Waals surface area contributed by atoms with E-state index in [4.69, 9.17) is 6.42 Å². The van der Waals surface area contributed by atoms with Crippen LogP contribution < -0.4 is 5.69 Å². The fraction of sp³-hybridized carbons (Fsp3) is 0.130. The summed E-state index contributed by atoms with van der Waals surface area (Å²) < 4.78 is 42.5. The van der Waals surface area contributed by atoms with Crippen LogP contribution in [0.5, 0.6) is 0 Å². The van der Waals surface area contributed by atoms with Gasteiger partial charge in [-0.1, -0.05) is 12.0 Å². The molecule has 164 valence electrons. The van der Waals surface area contributed by atoms with Gasteiger partial charge in [-0.25, -0.2) is 14.8 Å². The number of nitrogens with one attached hydrogen (secondary N) is 1. The highest BCUT2D eigenvalue weighted by molar-refractivity contribution is 5.79. The van der Waals surface area contributed by atoms with E-state index in [1.54, 1.807) is 29.7 Å². The summed E-state index contributed by atoms with van der Waals surface area (Å²) in [5.41, 5.74) is 2.40. The lowest BCUT2D eigenvalue weighted by Gasteiger charge is -2.12. The third kappa shape index (κ3) is 3.53. The van der Waals surface area contributed by atoms with Gasteiger partial charge in [0.05, 0.1) is 29.3 Å². The summed E-state index contributed by atoms with van der Waals surface area (Å²) >= 11 is 0. The first-order chi connectivity index (χ1) is 15.7. The summed E-state index contributed by atoms with van der Waals surface area (Å²) in [5, 5.41) is 0. The topological polar surface area (TPSA) is 81.4 Å². The monoisotopic (exact) mass is 448 g/mol. The number of H-pyrrole nitrogens is 1. The minimum absolute atomic E-state index is 0.0821. The van der Waals surface area contributed by atoms with Crippen LogP contribution in [0.4, 0.5) is 13.2 Å². The Morgan fingerprint density at radius 1 is 1.15 bits per heavy atom. The maximum absolute atomic E-state index is 13.2.